The summed E-state index contributed by atoms with van der Waals surface area (Å²) in [7, 11) is 0. The smallest absolute Gasteiger partial charge is 0.280 e. The van der Waals surface area contributed by atoms with Gasteiger partial charge in [0, 0.05) is 30.5 Å². The molecule has 26 heavy (non-hydrogen) atoms. The first-order valence-electron chi connectivity index (χ1n) is 9.25. The van der Waals surface area contributed by atoms with Gasteiger partial charge in [-0.3, -0.25) is 14.7 Å². The molecule has 1 amide bonds. The number of rotatable bonds is 4. The molecule has 5 heteroatoms. The van der Waals surface area contributed by atoms with Crippen LogP contribution in [-0.4, -0.2) is 27.4 Å². The molecule has 0 saturated heterocycles. The second kappa shape index (κ2) is 7.60. The van der Waals surface area contributed by atoms with Crippen molar-refractivity contribution in [2.24, 2.45) is 5.92 Å². The number of carbonyl (C=O) groups is 1. The SMILES string of the molecule is O=C(c1nccc2cccnc12)N(CC1CCCCC1)c1ccccn1. The number of hydrogen-bond acceptors (Lipinski definition) is 4. The van der Waals surface area contributed by atoms with Crippen molar-refractivity contribution >= 4 is 22.6 Å². The summed E-state index contributed by atoms with van der Waals surface area (Å²) in [6.45, 7) is 0.681. The van der Waals surface area contributed by atoms with E-state index in [1.165, 1.54) is 19.3 Å². The van der Waals surface area contributed by atoms with Gasteiger partial charge in [0.2, 0.25) is 0 Å². The predicted octanol–water partition coefficient (Wildman–Crippen LogP) is 4.25. The van der Waals surface area contributed by atoms with E-state index in [2.05, 4.69) is 15.0 Å². The third-order valence-corrected chi connectivity index (χ3v) is 5.06. The van der Waals surface area contributed by atoms with Crippen molar-refractivity contribution in [2.75, 3.05) is 11.4 Å². The van der Waals surface area contributed by atoms with Gasteiger partial charge >= 0.3 is 0 Å². The maximum atomic E-state index is 13.4. The Morgan fingerprint density at radius 2 is 1.77 bits per heavy atom. The average molecular weight is 346 g/mol. The zero-order valence-corrected chi connectivity index (χ0v) is 14.7. The molecule has 0 bridgehead atoms. The van der Waals surface area contributed by atoms with Gasteiger partial charge in [0.1, 0.15) is 11.3 Å². The number of carbonyl (C=O) groups excluding carboxylic acids is 1. The molecular formula is C21H22N4O. The van der Waals surface area contributed by atoms with E-state index in [1.54, 1.807) is 23.5 Å². The molecule has 3 aromatic rings. The fraction of sp³-hybridized carbons (Fsp3) is 0.333. The minimum absolute atomic E-state index is 0.126. The molecule has 1 fully saturated rings. The molecule has 5 nitrogen and oxygen atoms in total. The second-order valence-electron chi connectivity index (χ2n) is 6.84. The van der Waals surface area contributed by atoms with Crippen molar-refractivity contribution in [2.45, 2.75) is 32.1 Å². The van der Waals surface area contributed by atoms with Gasteiger partial charge in [-0.05, 0) is 43.0 Å². The Labute approximate surface area is 153 Å². The van der Waals surface area contributed by atoms with Crippen LogP contribution >= 0.6 is 0 Å². The maximum absolute atomic E-state index is 13.4. The summed E-state index contributed by atoms with van der Waals surface area (Å²) >= 11 is 0. The van der Waals surface area contributed by atoms with E-state index in [1.807, 2.05) is 36.4 Å². The lowest BCUT2D eigenvalue weighted by molar-refractivity contribution is 0.0976. The van der Waals surface area contributed by atoms with E-state index in [9.17, 15) is 4.79 Å². The summed E-state index contributed by atoms with van der Waals surface area (Å²) in [5.74, 6) is 1.06. The zero-order valence-electron chi connectivity index (χ0n) is 14.7. The molecule has 1 saturated carbocycles. The van der Waals surface area contributed by atoms with Gasteiger partial charge in [0.05, 0.1) is 0 Å². The van der Waals surface area contributed by atoms with Crippen LogP contribution in [-0.2, 0) is 0 Å². The Hall–Kier alpha value is -2.82. The van der Waals surface area contributed by atoms with E-state index in [4.69, 9.17) is 0 Å². The van der Waals surface area contributed by atoms with Crippen molar-refractivity contribution in [1.82, 2.24) is 15.0 Å². The van der Waals surface area contributed by atoms with Crippen LogP contribution in [0, 0.1) is 5.92 Å². The first kappa shape index (κ1) is 16.6. The molecule has 0 unspecified atom stereocenters. The number of nitrogens with zero attached hydrogens (tertiary/aromatic N) is 4. The van der Waals surface area contributed by atoms with Crippen LogP contribution in [0.5, 0.6) is 0 Å². The van der Waals surface area contributed by atoms with Crippen molar-refractivity contribution in [3.63, 3.8) is 0 Å². The molecule has 3 heterocycles. The van der Waals surface area contributed by atoms with Crippen molar-refractivity contribution in [3.8, 4) is 0 Å². The topological polar surface area (TPSA) is 59.0 Å². The van der Waals surface area contributed by atoms with Crippen LogP contribution in [0.15, 0.2) is 55.0 Å². The molecule has 0 N–H and O–H groups in total. The molecule has 1 aliphatic carbocycles. The van der Waals surface area contributed by atoms with E-state index >= 15 is 0 Å². The Kier molecular flexibility index (Phi) is 4.86. The zero-order chi connectivity index (χ0) is 17.8. The highest BCUT2D eigenvalue weighted by atomic mass is 16.2. The van der Waals surface area contributed by atoms with Crippen LogP contribution in [0.2, 0.25) is 0 Å². The maximum Gasteiger partial charge on any atom is 0.280 e. The number of fused-ring (bicyclic) bond motifs is 1. The third kappa shape index (κ3) is 3.43. The summed E-state index contributed by atoms with van der Waals surface area (Å²) in [6.07, 6.45) is 11.2. The summed E-state index contributed by atoms with van der Waals surface area (Å²) in [4.78, 5) is 28.4. The molecule has 0 spiro atoms. The highest BCUT2D eigenvalue weighted by molar-refractivity contribution is 6.11. The molecule has 0 atom stereocenters. The molecule has 3 aromatic heterocycles. The van der Waals surface area contributed by atoms with Crippen LogP contribution in [0.25, 0.3) is 10.9 Å². The Morgan fingerprint density at radius 3 is 2.58 bits per heavy atom. The van der Waals surface area contributed by atoms with Gasteiger partial charge in [-0.1, -0.05) is 31.4 Å². The largest absolute Gasteiger partial charge is 0.291 e. The molecule has 132 valence electrons. The first-order valence-corrected chi connectivity index (χ1v) is 9.25. The normalized spacial score (nSPS) is 15.1. The molecule has 0 radical (unpaired) electrons. The third-order valence-electron chi connectivity index (χ3n) is 5.06. The highest BCUT2D eigenvalue weighted by Gasteiger charge is 2.26. The fourth-order valence-electron chi connectivity index (χ4n) is 3.71. The van der Waals surface area contributed by atoms with E-state index in [0.717, 1.165) is 18.2 Å². The minimum Gasteiger partial charge on any atom is -0.291 e. The van der Waals surface area contributed by atoms with Gasteiger partial charge in [-0.25, -0.2) is 9.97 Å². The summed E-state index contributed by atoms with van der Waals surface area (Å²) in [5.41, 5.74) is 1.04. The van der Waals surface area contributed by atoms with E-state index in [-0.39, 0.29) is 5.91 Å². The molecule has 0 aromatic carbocycles. The molecular weight excluding hydrogens is 324 g/mol. The van der Waals surface area contributed by atoms with Crippen LogP contribution < -0.4 is 4.90 Å². The number of anilines is 1. The fourth-order valence-corrected chi connectivity index (χ4v) is 3.71. The number of aromatic nitrogens is 3. The molecule has 1 aliphatic rings. The quantitative estimate of drug-likeness (QED) is 0.708. The van der Waals surface area contributed by atoms with Gasteiger partial charge in [-0.15, -0.1) is 0 Å². The monoisotopic (exact) mass is 346 g/mol. The van der Waals surface area contributed by atoms with Crippen LogP contribution in [0.1, 0.15) is 42.6 Å². The van der Waals surface area contributed by atoms with Gasteiger partial charge in [-0.2, -0.15) is 0 Å². The lowest BCUT2D eigenvalue weighted by Crippen LogP contribution is -2.37. The summed E-state index contributed by atoms with van der Waals surface area (Å²) in [6, 6.07) is 11.4. The van der Waals surface area contributed by atoms with Crippen molar-refractivity contribution in [3.05, 3.63) is 60.7 Å². The highest BCUT2D eigenvalue weighted by Crippen LogP contribution is 2.27. The Balaban J connectivity index is 1.71. The Morgan fingerprint density at radius 1 is 0.923 bits per heavy atom. The predicted molar refractivity (Wildman–Crippen MR) is 102 cm³/mol. The second-order valence-corrected chi connectivity index (χ2v) is 6.84. The average Bonchev–Trinajstić information content (AvgIpc) is 2.72. The molecule has 0 aliphatic heterocycles. The van der Waals surface area contributed by atoms with Crippen molar-refractivity contribution < 1.29 is 4.79 Å². The number of pyridine rings is 3. The van der Waals surface area contributed by atoms with Crippen LogP contribution in [0.4, 0.5) is 5.82 Å². The standard InChI is InChI=1S/C21H22N4O/c26-21(20-19-17(11-14-24-20)9-6-13-23-19)25(18-10-4-5-12-22-18)15-16-7-2-1-3-8-16/h4-6,9-14,16H,1-3,7-8,15H2. The number of amides is 1. The molecule has 4 rings (SSSR count). The summed E-state index contributed by atoms with van der Waals surface area (Å²) < 4.78 is 0. The number of hydrogen-bond donors (Lipinski definition) is 0. The van der Waals surface area contributed by atoms with Gasteiger partial charge < -0.3 is 0 Å². The summed E-state index contributed by atoms with van der Waals surface area (Å²) in [5, 5.41) is 0.921. The van der Waals surface area contributed by atoms with E-state index < -0.39 is 0 Å². The lowest BCUT2D eigenvalue weighted by Gasteiger charge is -2.29. The van der Waals surface area contributed by atoms with Crippen LogP contribution in [0.3, 0.4) is 0 Å². The van der Waals surface area contributed by atoms with Gasteiger partial charge in [0.25, 0.3) is 5.91 Å². The minimum atomic E-state index is -0.126. The first-order chi connectivity index (χ1) is 12.8. The van der Waals surface area contributed by atoms with Gasteiger partial charge in [0.15, 0.2) is 5.69 Å². The Bertz CT molecular complexity index is 885. The van der Waals surface area contributed by atoms with Crippen molar-refractivity contribution in [1.29, 1.82) is 0 Å². The lowest BCUT2D eigenvalue weighted by atomic mass is 9.89. The van der Waals surface area contributed by atoms with E-state index in [0.29, 0.717) is 29.5 Å².